The highest BCUT2D eigenvalue weighted by molar-refractivity contribution is 5.96. The maximum atomic E-state index is 12.3. The van der Waals surface area contributed by atoms with Crippen LogP contribution in [-0.2, 0) is 19.5 Å². The molecule has 0 saturated carbocycles. The van der Waals surface area contributed by atoms with Gasteiger partial charge in [0.15, 0.2) is 6.23 Å². The summed E-state index contributed by atoms with van der Waals surface area (Å²) in [5, 5.41) is 3.31. The molecule has 0 saturated heterocycles. The first-order chi connectivity index (χ1) is 15.3. The van der Waals surface area contributed by atoms with Gasteiger partial charge in [-0.1, -0.05) is 24.3 Å². The Hall–Kier alpha value is -3.53. The molecule has 0 fully saturated rings. The summed E-state index contributed by atoms with van der Waals surface area (Å²) in [5.74, 6) is -0.288. The Morgan fingerprint density at radius 1 is 1.25 bits per heavy atom. The second kappa shape index (κ2) is 8.91. The van der Waals surface area contributed by atoms with Crippen LogP contribution in [0.2, 0.25) is 0 Å². The van der Waals surface area contributed by atoms with Crippen molar-refractivity contribution < 1.29 is 27.4 Å². The van der Waals surface area contributed by atoms with E-state index in [1.165, 1.54) is 12.1 Å². The predicted molar refractivity (Wildman–Crippen MR) is 109 cm³/mol. The molecule has 0 aliphatic carbocycles. The molecule has 3 N–H and O–H groups in total. The molecule has 1 unspecified atom stereocenters. The van der Waals surface area contributed by atoms with E-state index in [1.807, 2.05) is 10.6 Å². The molecule has 0 radical (unpaired) electrons. The third kappa shape index (κ3) is 5.20. The Morgan fingerprint density at radius 3 is 2.75 bits per heavy atom. The Balaban J connectivity index is 1.37. The van der Waals surface area contributed by atoms with Crippen molar-refractivity contribution in [2.45, 2.75) is 38.5 Å². The number of fused-ring (bicyclic) bond motifs is 1. The number of para-hydroxylation sites is 1. The first-order valence-electron chi connectivity index (χ1n) is 9.94. The fourth-order valence-electron chi connectivity index (χ4n) is 3.60. The summed E-state index contributed by atoms with van der Waals surface area (Å²) in [4.78, 5) is 15.8. The lowest BCUT2D eigenvalue weighted by Gasteiger charge is -2.28. The number of nitrogens with zero attached hydrogens (tertiary/aromatic N) is 2. The summed E-state index contributed by atoms with van der Waals surface area (Å²) in [6, 6.07) is 11.1. The number of ether oxygens (including phenoxy) is 2. The number of benzene rings is 2. The van der Waals surface area contributed by atoms with Gasteiger partial charge in [-0.25, -0.2) is 4.98 Å². The van der Waals surface area contributed by atoms with Crippen LogP contribution >= 0.6 is 0 Å². The number of nitrogens with one attached hydrogen (secondary N) is 1. The van der Waals surface area contributed by atoms with Crippen molar-refractivity contribution in [3.8, 4) is 11.5 Å². The molecular weight excluding hydrogens is 425 g/mol. The fraction of sp³-hybridized carbons (Fsp3) is 0.273. The molecule has 1 aliphatic heterocycles. The number of aryl methyl sites for hydroxylation is 1. The Labute approximate surface area is 182 Å². The quantitative estimate of drug-likeness (QED) is 0.581. The number of carbonyl (C=O) groups is 1. The third-order valence-electron chi connectivity index (χ3n) is 5.12. The molecule has 1 aromatic heterocycles. The zero-order chi connectivity index (χ0) is 22.7. The number of alkyl halides is 3. The molecule has 2 heterocycles. The topological polar surface area (TPSA) is 91.4 Å². The van der Waals surface area contributed by atoms with Crippen molar-refractivity contribution in [3.63, 3.8) is 0 Å². The predicted octanol–water partition coefficient (Wildman–Crippen LogP) is 3.37. The second-order valence-electron chi connectivity index (χ2n) is 7.39. The molecule has 3 aromatic rings. The van der Waals surface area contributed by atoms with Gasteiger partial charge < -0.3 is 19.8 Å². The van der Waals surface area contributed by atoms with E-state index in [-0.39, 0.29) is 12.0 Å². The zero-order valence-electron chi connectivity index (χ0n) is 16.9. The zero-order valence-corrected chi connectivity index (χ0v) is 16.9. The number of amides is 1. The molecule has 1 atom stereocenters. The van der Waals surface area contributed by atoms with E-state index in [2.05, 4.69) is 15.0 Å². The molecule has 168 valence electrons. The molecule has 1 aliphatic rings. The van der Waals surface area contributed by atoms with Crippen LogP contribution in [0, 0.1) is 0 Å². The first kappa shape index (κ1) is 21.7. The summed E-state index contributed by atoms with van der Waals surface area (Å²) >= 11 is 0. The summed E-state index contributed by atoms with van der Waals surface area (Å²) < 4.78 is 48.7. The molecule has 4 rings (SSSR count). The average Bonchev–Trinajstić information content (AvgIpc) is 3.19. The van der Waals surface area contributed by atoms with Gasteiger partial charge in [0.05, 0.1) is 17.6 Å². The molecule has 32 heavy (non-hydrogen) atoms. The van der Waals surface area contributed by atoms with Crippen molar-refractivity contribution in [2.75, 3.05) is 0 Å². The monoisotopic (exact) mass is 446 g/mol. The van der Waals surface area contributed by atoms with Crippen molar-refractivity contribution in [2.24, 2.45) is 5.73 Å². The van der Waals surface area contributed by atoms with E-state index in [1.54, 1.807) is 36.8 Å². The molecule has 10 heteroatoms. The number of hydrogen-bond acceptors (Lipinski definition) is 5. The number of halogens is 3. The van der Waals surface area contributed by atoms with Crippen molar-refractivity contribution in [1.29, 1.82) is 0 Å². The largest absolute Gasteiger partial charge is 0.573 e. The highest BCUT2D eigenvalue weighted by Crippen LogP contribution is 2.30. The van der Waals surface area contributed by atoms with Crippen molar-refractivity contribution in [1.82, 2.24) is 14.9 Å². The number of nitrogens with two attached hydrogens (primary N) is 1. The fourth-order valence-corrected chi connectivity index (χ4v) is 3.60. The molecule has 1 amide bonds. The minimum atomic E-state index is -4.72. The van der Waals surface area contributed by atoms with E-state index < -0.39 is 12.3 Å². The summed E-state index contributed by atoms with van der Waals surface area (Å²) in [6.07, 6.45) is -0.182. The molecule has 0 spiro atoms. The highest BCUT2D eigenvalue weighted by Gasteiger charge is 2.31. The van der Waals surface area contributed by atoms with Crippen LogP contribution in [0.15, 0.2) is 55.0 Å². The molecule has 0 bridgehead atoms. The van der Waals surface area contributed by atoms with Gasteiger partial charge >= 0.3 is 6.36 Å². The molecular formula is C22H21F3N4O3. The summed E-state index contributed by atoms with van der Waals surface area (Å²) in [7, 11) is 0. The van der Waals surface area contributed by atoms with Crippen molar-refractivity contribution in [3.05, 3.63) is 77.4 Å². The molecule has 7 nitrogen and oxygen atoms in total. The van der Waals surface area contributed by atoms with Gasteiger partial charge in [0.2, 0.25) is 0 Å². The number of carbonyl (C=O) groups excluding carboxylic acids is 1. The van der Waals surface area contributed by atoms with Crippen LogP contribution in [0.4, 0.5) is 13.2 Å². The number of aromatic nitrogens is 2. The van der Waals surface area contributed by atoms with Crippen LogP contribution in [0.25, 0.3) is 0 Å². The Bertz CT molecular complexity index is 1100. The smallest absolute Gasteiger partial charge is 0.474 e. The second-order valence-corrected chi connectivity index (χ2v) is 7.39. The number of imidazole rings is 1. The van der Waals surface area contributed by atoms with Gasteiger partial charge in [-0.05, 0) is 35.7 Å². The number of primary amides is 1. The lowest BCUT2D eigenvalue weighted by atomic mass is 10.0. The van der Waals surface area contributed by atoms with E-state index >= 15 is 0 Å². The lowest BCUT2D eigenvalue weighted by molar-refractivity contribution is -0.274. The maximum absolute atomic E-state index is 12.3. The normalized spacial score (nSPS) is 15.7. The SMILES string of the molecule is NC(=O)c1cccc2c1OC(NCc1cncn1Cc1ccc(OC(F)(F)F)cc1)CC2. The van der Waals surface area contributed by atoms with Gasteiger partial charge in [-0.2, -0.15) is 0 Å². The van der Waals surface area contributed by atoms with Gasteiger partial charge in [0.1, 0.15) is 11.5 Å². The van der Waals surface area contributed by atoms with E-state index in [4.69, 9.17) is 10.5 Å². The number of hydrogen-bond donors (Lipinski definition) is 2. The van der Waals surface area contributed by atoms with Crippen LogP contribution in [0.1, 0.15) is 33.6 Å². The standard InChI is InChI=1S/C22H21F3N4O3/c23-22(24,25)32-17-7-4-14(5-8-17)12-29-13-27-10-16(29)11-28-19-9-6-15-2-1-3-18(21(26)30)20(15)31-19/h1-5,7-8,10,13,19,28H,6,9,11-12H2,(H2,26,30). The lowest BCUT2D eigenvalue weighted by Crippen LogP contribution is -2.38. The molecule has 2 aromatic carbocycles. The highest BCUT2D eigenvalue weighted by atomic mass is 19.4. The van der Waals surface area contributed by atoms with Gasteiger partial charge in [0, 0.05) is 25.7 Å². The first-order valence-corrected chi connectivity index (χ1v) is 9.94. The van der Waals surface area contributed by atoms with E-state index in [9.17, 15) is 18.0 Å². The van der Waals surface area contributed by atoms with Crippen LogP contribution in [0.5, 0.6) is 11.5 Å². The third-order valence-corrected chi connectivity index (χ3v) is 5.12. The Morgan fingerprint density at radius 2 is 2.03 bits per heavy atom. The minimum Gasteiger partial charge on any atom is -0.474 e. The van der Waals surface area contributed by atoms with Crippen molar-refractivity contribution >= 4 is 5.91 Å². The van der Waals surface area contributed by atoms with Crippen LogP contribution in [0.3, 0.4) is 0 Å². The van der Waals surface area contributed by atoms with Gasteiger partial charge in [0.25, 0.3) is 5.91 Å². The van der Waals surface area contributed by atoms with Gasteiger partial charge in [-0.15, -0.1) is 13.2 Å². The van der Waals surface area contributed by atoms with Crippen LogP contribution < -0.4 is 20.5 Å². The Kier molecular flexibility index (Phi) is 6.04. The average molecular weight is 446 g/mol. The summed E-state index contributed by atoms with van der Waals surface area (Å²) in [5.41, 5.74) is 8.43. The van der Waals surface area contributed by atoms with E-state index in [0.29, 0.717) is 24.4 Å². The number of rotatable bonds is 7. The van der Waals surface area contributed by atoms with E-state index in [0.717, 1.165) is 29.7 Å². The summed E-state index contributed by atoms with van der Waals surface area (Å²) in [6.45, 7) is 0.886. The maximum Gasteiger partial charge on any atom is 0.573 e. The van der Waals surface area contributed by atoms with Crippen LogP contribution in [-0.4, -0.2) is 28.0 Å². The van der Waals surface area contributed by atoms with Gasteiger partial charge in [-0.3, -0.25) is 10.1 Å². The minimum absolute atomic E-state index is 0.265.